The average molecular weight is 287 g/mol. The van der Waals surface area contributed by atoms with Gasteiger partial charge in [0.15, 0.2) is 0 Å². The molecule has 0 saturated carbocycles. The molecule has 0 atom stereocenters. The van der Waals surface area contributed by atoms with E-state index < -0.39 is 22.1 Å². The molecule has 1 aromatic rings. The molecule has 0 saturated heterocycles. The van der Waals surface area contributed by atoms with Gasteiger partial charge in [-0.2, -0.15) is 4.13 Å². The van der Waals surface area contributed by atoms with Crippen LogP contribution in [0.4, 0.5) is 13.2 Å². The van der Waals surface area contributed by atoms with Gasteiger partial charge in [-0.1, -0.05) is 11.9 Å². The van der Waals surface area contributed by atoms with Crippen LogP contribution in [0.1, 0.15) is 0 Å². The largest absolute Gasteiger partial charge is 0.573 e. The molecule has 9 heteroatoms. The number of sulfonamides is 1. The van der Waals surface area contributed by atoms with Crippen molar-refractivity contribution in [1.82, 2.24) is 4.13 Å². The summed E-state index contributed by atoms with van der Waals surface area (Å²) >= 11 is 0.868. The fourth-order valence-corrected chi connectivity index (χ4v) is 2.74. The van der Waals surface area contributed by atoms with E-state index in [9.17, 15) is 21.6 Å². The first-order valence-corrected chi connectivity index (χ1v) is 6.86. The quantitative estimate of drug-likeness (QED) is 0.862. The zero-order valence-corrected chi connectivity index (χ0v) is 10.1. The van der Waals surface area contributed by atoms with Gasteiger partial charge in [0.2, 0.25) is 10.0 Å². The van der Waals surface area contributed by atoms with Crippen LogP contribution < -0.4 is 8.86 Å². The van der Waals surface area contributed by atoms with Gasteiger partial charge in [-0.05, 0) is 30.5 Å². The molecular weight excluding hydrogens is 279 g/mol. The molecule has 0 aliphatic rings. The number of rotatable bonds is 4. The summed E-state index contributed by atoms with van der Waals surface area (Å²) in [5.41, 5.74) is 0. The minimum Gasteiger partial charge on any atom is -0.406 e. The Morgan fingerprint density at radius 1 is 1.24 bits per heavy atom. The Labute approximate surface area is 100 Å². The molecule has 96 valence electrons. The second-order valence-corrected chi connectivity index (χ2v) is 5.36. The van der Waals surface area contributed by atoms with Gasteiger partial charge in [-0.15, -0.1) is 13.2 Å². The maximum absolute atomic E-state index is 11.8. The van der Waals surface area contributed by atoms with Crippen LogP contribution in [0.2, 0.25) is 0 Å². The highest BCUT2D eigenvalue weighted by Gasteiger charge is 2.31. The molecule has 0 heterocycles. The normalized spacial score (nSPS) is 12.5. The molecule has 0 aliphatic heterocycles. The molecule has 0 aliphatic carbocycles. The summed E-state index contributed by atoms with van der Waals surface area (Å²) in [6.45, 7) is 0. The van der Waals surface area contributed by atoms with E-state index in [2.05, 4.69) is 8.86 Å². The molecule has 0 unspecified atom stereocenters. The van der Waals surface area contributed by atoms with Crippen LogP contribution in [0.5, 0.6) is 5.75 Å². The smallest absolute Gasteiger partial charge is 0.406 e. The molecule has 0 spiro atoms. The van der Waals surface area contributed by atoms with Gasteiger partial charge in [-0.3, -0.25) is 0 Å². The predicted molar refractivity (Wildman–Crippen MR) is 57.0 cm³/mol. The Balaban J connectivity index is 2.89. The summed E-state index contributed by atoms with van der Waals surface area (Å²) in [4.78, 5) is -0.138. The Kier molecular flexibility index (Phi) is 4.28. The molecule has 0 aromatic heterocycles. The van der Waals surface area contributed by atoms with Crippen molar-refractivity contribution in [2.45, 2.75) is 11.3 Å². The second-order valence-electron chi connectivity index (χ2n) is 2.81. The van der Waals surface area contributed by atoms with Crippen LogP contribution in [-0.2, 0) is 10.0 Å². The van der Waals surface area contributed by atoms with Crippen LogP contribution in [0, 0.1) is 0 Å². The van der Waals surface area contributed by atoms with Gasteiger partial charge in [-0.25, -0.2) is 8.42 Å². The van der Waals surface area contributed by atoms with Gasteiger partial charge in [0.1, 0.15) is 5.75 Å². The number of halogens is 3. The molecule has 17 heavy (non-hydrogen) atoms. The summed E-state index contributed by atoms with van der Waals surface area (Å²) in [5, 5.41) is 0. The van der Waals surface area contributed by atoms with Gasteiger partial charge >= 0.3 is 6.36 Å². The van der Waals surface area contributed by atoms with Gasteiger partial charge in [0.25, 0.3) is 0 Å². The SMILES string of the molecule is CSNS(=O)(=O)c1ccc(OC(F)(F)F)cc1. The van der Waals surface area contributed by atoms with E-state index in [0.717, 1.165) is 36.2 Å². The fraction of sp³-hybridized carbons (Fsp3) is 0.250. The molecule has 0 amide bonds. The van der Waals surface area contributed by atoms with Gasteiger partial charge in [0.05, 0.1) is 4.90 Å². The summed E-state index contributed by atoms with van der Waals surface area (Å²) in [6, 6.07) is 3.92. The predicted octanol–water partition coefficient (Wildman–Crippen LogP) is 2.14. The number of hydrogen-bond donors (Lipinski definition) is 1. The molecule has 0 fully saturated rings. The number of hydrogen-bond acceptors (Lipinski definition) is 4. The van der Waals surface area contributed by atoms with Crippen molar-refractivity contribution in [1.29, 1.82) is 0 Å². The van der Waals surface area contributed by atoms with E-state index in [1.807, 2.05) is 0 Å². The first kappa shape index (κ1) is 14.1. The Morgan fingerprint density at radius 3 is 2.18 bits per heavy atom. The van der Waals surface area contributed by atoms with Crippen LogP contribution in [0.15, 0.2) is 29.2 Å². The van der Waals surface area contributed by atoms with Crippen LogP contribution in [0.3, 0.4) is 0 Å². The lowest BCUT2D eigenvalue weighted by molar-refractivity contribution is -0.274. The van der Waals surface area contributed by atoms with Crippen LogP contribution in [0.25, 0.3) is 0 Å². The number of alkyl halides is 3. The number of ether oxygens (including phenoxy) is 1. The third-order valence-corrected chi connectivity index (χ3v) is 4.00. The van der Waals surface area contributed by atoms with Crippen molar-refractivity contribution in [3.05, 3.63) is 24.3 Å². The molecule has 4 nitrogen and oxygen atoms in total. The third-order valence-electron chi connectivity index (χ3n) is 1.56. The van der Waals surface area contributed by atoms with E-state index in [4.69, 9.17) is 0 Å². The summed E-state index contributed by atoms with van der Waals surface area (Å²) in [7, 11) is -3.69. The monoisotopic (exact) mass is 287 g/mol. The summed E-state index contributed by atoms with van der Waals surface area (Å²) in [5.74, 6) is -0.472. The molecule has 0 radical (unpaired) electrons. The maximum Gasteiger partial charge on any atom is 0.573 e. The highest BCUT2D eigenvalue weighted by Crippen LogP contribution is 2.23. The van der Waals surface area contributed by atoms with Crippen LogP contribution in [-0.4, -0.2) is 21.0 Å². The van der Waals surface area contributed by atoms with Gasteiger partial charge in [0, 0.05) is 0 Å². The minimum atomic E-state index is -4.79. The average Bonchev–Trinajstić information content (AvgIpc) is 2.15. The Bertz CT molecular complexity index is 470. The minimum absolute atomic E-state index is 0.138. The zero-order chi connectivity index (χ0) is 13.1. The highest BCUT2D eigenvalue weighted by molar-refractivity contribution is 8.08. The number of benzene rings is 1. The Hall–Kier alpha value is -0.930. The summed E-state index contributed by atoms with van der Waals surface area (Å²) < 4.78 is 64.1. The molecule has 0 bridgehead atoms. The molecule has 1 aromatic carbocycles. The topological polar surface area (TPSA) is 55.4 Å². The van der Waals surface area contributed by atoms with Crippen molar-refractivity contribution in [3.63, 3.8) is 0 Å². The zero-order valence-electron chi connectivity index (χ0n) is 8.48. The van der Waals surface area contributed by atoms with Crippen molar-refractivity contribution >= 4 is 22.0 Å². The van der Waals surface area contributed by atoms with Crippen molar-refractivity contribution in [2.75, 3.05) is 6.26 Å². The summed E-state index contributed by atoms with van der Waals surface area (Å²) in [6.07, 6.45) is -3.28. The van der Waals surface area contributed by atoms with Crippen molar-refractivity contribution in [2.24, 2.45) is 0 Å². The first-order chi connectivity index (χ1) is 7.74. The number of nitrogens with one attached hydrogen (secondary N) is 1. The van der Waals surface area contributed by atoms with Crippen molar-refractivity contribution < 1.29 is 26.3 Å². The Morgan fingerprint density at radius 2 is 1.76 bits per heavy atom. The maximum atomic E-state index is 11.8. The van der Waals surface area contributed by atoms with E-state index in [-0.39, 0.29) is 4.90 Å². The van der Waals surface area contributed by atoms with Crippen LogP contribution >= 0.6 is 11.9 Å². The van der Waals surface area contributed by atoms with E-state index in [0.29, 0.717) is 0 Å². The van der Waals surface area contributed by atoms with E-state index in [1.54, 1.807) is 0 Å². The van der Waals surface area contributed by atoms with E-state index >= 15 is 0 Å². The lowest BCUT2D eigenvalue weighted by atomic mass is 10.3. The molecular formula is C8H8F3NO3S2. The fourth-order valence-electron chi connectivity index (χ4n) is 0.978. The third kappa shape index (κ3) is 4.44. The lowest BCUT2D eigenvalue weighted by Crippen LogP contribution is -2.18. The molecule has 1 N–H and O–H groups in total. The lowest BCUT2D eigenvalue weighted by Gasteiger charge is -2.09. The van der Waals surface area contributed by atoms with Gasteiger partial charge < -0.3 is 4.74 Å². The van der Waals surface area contributed by atoms with E-state index in [1.165, 1.54) is 6.26 Å². The molecule has 1 rings (SSSR count). The highest BCUT2D eigenvalue weighted by atomic mass is 32.3. The second kappa shape index (κ2) is 5.15. The first-order valence-electron chi connectivity index (χ1n) is 4.15. The van der Waals surface area contributed by atoms with Crippen molar-refractivity contribution in [3.8, 4) is 5.75 Å². The standard InChI is InChI=1S/C8H8F3NO3S2/c1-16-12-17(13,14)7-4-2-6(3-5-7)15-8(9,10)11/h2-5,12H,1H3.